The van der Waals surface area contributed by atoms with Gasteiger partial charge in [0.1, 0.15) is 4.32 Å². The number of hydrogen-bond acceptors (Lipinski definition) is 7. The highest BCUT2D eigenvalue weighted by Crippen LogP contribution is 2.33. The van der Waals surface area contributed by atoms with Gasteiger partial charge in [0.15, 0.2) is 11.5 Å². The summed E-state index contributed by atoms with van der Waals surface area (Å²) in [4.78, 5) is 27.7. The maximum Gasteiger partial charge on any atom is 0.266 e. The van der Waals surface area contributed by atoms with Crippen LogP contribution in [0.1, 0.15) is 23.3 Å². The van der Waals surface area contributed by atoms with E-state index in [1.807, 2.05) is 23.6 Å². The molecule has 0 atom stereocenters. The first-order valence-electron chi connectivity index (χ1n) is 9.00. The number of carbonyl (C=O) groups is 2. The summed E-state index contributed by atoms with van der Waals surface area (Å²) in [5.41, 5.74) is 0.815. The number of benzene rings is 1. The SMILES string of the molecule is O=C(CCCN1C(=O)C(=Cc2cccs2)SC1=S)NCCc1ccc(O)c(O)c1. The number of carbonyl (C=O) groups excluding carboxylic acids is 2. The second kappa shape index (κ2) is 9.91. The van der Waals surface area contributed by atoms with Crippen LogP contribution in [0.5, 0.6) is 11.5 Å². The maximum absolute atomic E-state index is 12.5. The summed E-state index contributed by atoms with van der Waals surface area (Å²) in [7, 11) is 0. The highest BCUT2D eigenvalue weighted by atomic mass is 32.2. The molecule has 1 saturated heterocycles. The van der Waals surface area contributed by atoms with E-state index in [1.165, 1.54) is 23.9 Å². The van der Waals surface area contributed by atoms with Crippen molar-refractivity contribution in [2.75, 3.05) is 13.1 Å². The Kier molecular flexibility index (Phi) is 7.29. The van der Waals surface area contributed by atoms with Gasteiger partial charge in [-0.3, -0.25) is 14.5 Å². The van der Waals surface area contributed by atoms with E-state index in [2.05, 4.69) is 5.32 Å². The Balaban J connectivity index is 1.40. The molecular weight excluding hydrogens is 428 g/mol. The third-order valence-corrected chi connectivity index (χ3v) is 6.45. The lowest BCUT2D eigenvalue weighted by molar-refractivity contribution is -0.123. The van der Waals surface area contributed by atoms with Gasteiger partial charge >= 0.3 is 0 Å². The normalized spacial score (nSPS) is 15.3. The van der Waals surface area contributed by atoms with Crippen LogP contribution in [0.4, 0.5) is 0 Å². The van der Waals surface area contributed by atoms with Crippen LogP contribution < -0.4 is 5.32 Å². The van der Waals surface area contributed by atoms with Gasteiger partial charge in [-0.1, -0.05) is 36.1 Å². The second-order valence-corrected chi connectivity index (χ2v) is 9.03. The summed E-state index contributed by atoms with van der Waals surface area (Å²) in [6.45, 7) is 0.833. The predicted molar refractivity (Wildman–Crippen MR) is 120 cm³/mol. The Morgan fingerprint density at radius 1 is 1.24 bits per heavy atom. The van der Waals surface area contributed by atoms with Crippen molar-refractivity contribution >= 4 is 57.5 Å². The number of thiocarbonyl (C=S) groups is 1. The molecular formula is C20H20N2O4S3. The van der Waals surface area contributed by atoms with E-state index in [-0.39, 0.29) is 23.3 Å². The third-order valence-electron chi connectivity index (χ3n) is 4.25. The van der Waals surface area contributed by atoms with Gasteiger partial charge < -0.3 is 15.5 Å². The molecule has 2 amide bonds. The molecule has 3 rings (SSSR count). The molecule has 2 heterocycles. The number of nitrogens with one attached hydrogen (secondary N) is 1. The number of phenolic OH excluding ortho intramolecular Hbond substituents is 2. The largest absolute Gasteiger partial charge is 0.504 e. The zero-order chi connectivity index (χ0) is 20.8. The summed E-state index contributed by atoms with van der Waals surface area (Å²) < 4.78 is 0.519. The standard InChI is InChI=1S/C20H20N2O4S3/c23-15-6-5-13(11-16(15)24)7-8-21-18(25)4-1-9-22-19(26)17(29-20(22)27)12-14-3-2-10-28-14/h2-3,5-6,10-12,23-24H,1,4,7-9H2,(H,21,25). The van der Waals surface area contributed by atoms with Crippen molar-refractivity contribution in [3.8, 4) is 11.5 Å². The number of nitrogens with zero attached hydrogens (tertiary/aromatic N) is 1. The molecule has 0 bridgehead atoms. The first-order valence-corrected chi connectivity index (χ1v) is 11.1. The molecule has 1 aliphatic rings. The smallest absolute Gasteiger partial charge is 0.266 e. The molecule has 0 radical (unpaired) electrons. The first kappa shape index (κ1) is 21.4. The van der Waals surface area contributed by atoms with E-state index in [9.17, 15) is 19.8 Å². The lowest BCUT2D eigenvalue weighted by Gasteiger charge is -2.14. The summed E-state index contributed by atoms with van der Waals surface area (Å²) in [5.74, 6) is -0.558. The molecule has 0 aliphatic carbocycles. The number of rotatable bonds is 8. The third kappa shape index (κ3) is 5.81. The van der Waals surface area contributed by atoms with Crippen LogP contribution in [-0.2, 0) is 16.0 Å². The van der Waals surface area contributed by atoms with Crippen molar-refractivity contribution in [3.05, 3.63) is 51.1 Å². The highest BCUT2D eigenvalue weighted by molar-refractivity contribution is 8.26. The van der Waals surface area contributed by atoms with Crippen LogP contribution in [0.25, 0.3) is 6.08 Å². The molecule has 6 nitrogen and oxygen atoms in total. The van der Waals surface area contributed by atoms with Gasteiger partial charge in [0.25, 0.3) is 5.91 Å². The van der Waals surface area contributed by atoms with Crippen LogP contribution >= 0.6 is 35.3 Å². The number of thiophene rings is 1. The van der Waals surface area contributed by atoms with Gasteiger partial charge in [0.05, 0.1) is 4.91 Å². The van der Waals surface area contributed by atoms with Crippen molar-refractivity contribution in [1.29, 1.82) is 0 Å². The monoisotopic (exact) mass is 448 g/mol. The summed E-state index contributed by atoms with van der Waals surface area (Å²) in [6.07, 6.45) is 3.20. The minimum atomic E-state index is -0.176. The predicted octanol–water partition coefficient (Wildman–Crippen LogP) is 3.50. The Hall–Kier alpha value is -2.36. The molecule has 0 spiro atoms. The van der Waals surface area contributed by atoms with Crippen LogP contribution in [-0.4, -0.2) is 44.3 Å². The fourth-order valence-corrected chi connectivity index (χ4v) is 4.78. The van der Waals surface area contributed by atoms with E-state index in [1.54, 1.807) is 22.3 Å². The number of hydrogen-bond donors (Lipinski definition) is 3. The fourth-order valence-electron chi connectivity index (χ4n) is 2.75. The van der Waals surface area contributed by atoms with Gasteiger partial charge in [-0.05, 0) is 48.1 Å². The van der Waals surface area contributed by atoms with Gasteiger partial charge in [0, 0.05) is 24.4 Å². The van der Waals surface area contributed by atoms with Crippen molar-refractivity contribution < 1.29 is 19.8 Å². The Labute approximate surface area is 182 Å². The van der Waals surface area contributed by atoms with Gasteiger partial charge in [0.2, 0.25) is 5.91 Å². The highest BCUT2D eigenvalue weighted by Gasteiger charge is 2.31. The molecule has 9 heteroatoms. The zero-order valence-electron chi connectivity index (χ0n) is 15.5. The van der Waals surface area contributed by atoms with Crippen LogP contribution in [0.15, 0.2) is 40.6 Å². The molecule has 2 aromatic rings. The van der Waals surface area contributed by atoms with E-state index in [0.29, 0.717) is 41.6 Å². The summed E-state index contributed by atoms with van der Waals surface area (Å²) >= 11 is 8.15. The lowest BCUT2D eigenvalue weighted by Crippen LogP contribution is -2.31. The molecule has 1 aromatic heterocycles. The van der Waals surface area contributed by atoms with E-state index in [4.69, 9.17) is 12.2 Å². The minimum absolute atomic E-state index is 0.104. The number of aromatic hydroxyl groups is 2. The molecule has 29 heavy (non-hydrogen) atoms. The molecule has 0 saturated carbocycles. The van der Waals surface area contributed by atoms with Crippen LogP contribution in [0.3, 0.4) is 0 Å². The topological polar surface area (TPSA) is 89.9 Å². The van der Waals surface area contributed by atoms with Crippen molar-refractivity contribution in [2.24, 2.45) is 0 Å². The van der Waals surface area contributed by atoms with E-state index < -0.39 is 0 Å². The quantitative estimate of drug-likeness (QED) is 0.325. The molecule has 1 aliphatic heterocycles. The van der Waals surface area contributed by atoms with Crippen molar-refractivity contribution in [3.63, 3.8) is 0 Å². The molecule has 1 fully saturated rings. The van der Waals surface area contributed by atoms with Gasteiger partial charge in [-0.15, -0.1) is 11.3 Å². The van der Waals surface area contributed by atoms with Crippen LogP contribution in [0, 0.1) is 0 Å². The molecule has 152 valence electrons. The maximum atomic E-state index is 12.5. The minimum Gasteiger partial charge on any atom is -0.504 e. The number of thioether (sulfide) groups is 1. The average molecular weight is 449 g/mol. The lowest BCUT2D eigenvalue weighted by atomic mass is 10.1. The Morgan fingerprint density at radius 2 is 2.07 bits per heavy atom. The zero-order valence-corrected chi connectivity index (χ0v) is 17.9. The van der Waals surface area contributed by atoms with Crippen molar-refractivity contribution in [2.45, 2.75) is 19.3 Å². The van der Waals surface area contributed by atoms with E-state index in [0.717, 1.165) is 10.4 Å². The van der Waals surface area contributed by atoms with Gasteiger partial charge in [-0.25, -0.2) is 0 Å². The fraction of sp³-hybridized carbons (Fsp3) is 0.250. The molecule has 1 aromatic carbocycles. The molecule has 3 N–H and O–H groups in total. The summed E-state index contributed by atoms with van der Waals surface area (Å²) in [6, 6.07) is 8.46. The summed E-state index contributed by atoms with van der Waals surface area (Å²) in [5, 5.41) is 23.5. The molecule has 0 unspecified atom stereocenters. The second-order valence-electron chi connectivity index (χ2n) is 6.38. The Bertz CT molecular complexity index is 941. The Morgan fingerprint density at radius 3 is 2.79 bits per heavy atom. The first-order chi connectivity index (χ1) is 13.9. The number of phenols is 2. The number of amides is 2. The average Bonchev–Trinajstić information content (AvgIpc) is 3.28. The van der Waals surface area contributed by atoms with Crippen molar-refractivity contribution in [1.82, 2.24) is 10.2 Å². The van der Waals surface area contributed by atoms with Crippen LogP contribution in [0.2, 0.25) is 0 Å². The van der Waals surface area contributed by atoms with E-state index >= 15 is 0 Å². The van der Waals surface area contributed by atoms with Gasteiger partial charge in [-0.2, -0.15) is 0 Å².